The molecule has 19 nitrogen and oxygen atoms in total. The molecule has 0 bridgehead atoms. The van der Waals surface area contributed by atoms with Crippen LogP contribution in [0.15, 0.2) is 182 Å². The van der Waals surface area contributed by atoms with Crippen LogP contribution in [0.5, 0.6) is 0 Å². The van der Waals surface area contributed by atoms with Crippen molar-refractivity contribution < 1.29 is 65.2 Å². The lowest BCUT2D eigenvalue weighted by Crippen LogP contribution is -2.48. The number of esters is 3. The third-order valence-corrected chi connectivity index (χ3v) is 37.2. The van der Waals surface area contributed by atoms with Gasteiger partial charge in [0.05, 0.1) is 71.0 Å². The van der Waals surface area contributed by atoms with Crippen LogP contribution in [0.25, 0.3) is 52.2 Å². The molecule has 5 aromatic heterocycles. The average Bonchev–Trinajstić information content (AvgIpc) is 1.64. The molecule has 10 aromatic rings. The molecule has 132 heavy (non-hydrogen) atoms. The van der Waals surface area contributed by atoms with Gasteiger partial charge in [0, 0.05) is 102 Å². The van der Waals surface area contributed by atoms with E-state index in [1.54, 1.807) is 19.9 Å². The second kappa shape index (κ2) is 48.6. The number of anilines is 5. The number of rotatable bonds is 21. The Labute approximate surface area is 809 Å². The van der Waals surface area contributed by atoms with Gasteiger partial charge in [-0.15, -0.1) is 56.7 Å². The predicted octanol–water partition coefficient (Wildman–Crippen LogP) is 24.6. The standard InChI is InChI=1S/C25H31NO4S2.2C25H31NO3S2.C17H19NO2S2.C12H11NO2S/c1-17-8-10-20(11-9-17)25(28)26(21-12-14-32(29,30)15-13-21)22-16-23(31-24(22)18(2)27)19-6-4-3-5-7-19;1-17-8-10-19(11-9-17)24(27)26(20-12-14-30-15-13-20)21-16-22(18-6-4-3-5-7-18)31-23(21)25(28)29-2;1-17-8-10-20(11-9-17)25(28)26(21-12-14-31(29)15-13-21)22-16-23(30-24(22)18(2)27)19-6-4-3-5-7-19;1-20-17(19)16-14(18-13-7-9-21-10-8-13)11-15(22-16)12-5-3-2-4-6-12;1-15-12(14)11-9(13)7-10(16-11)8-5-3-2-4-6-8/h3-7,16-17,20-21H,8-15H2,1-2H3;3-7,16-17,19-20H,8-15H2,1-2H3;3-7,16-17,20-21H,8-15H2,1-2H3;2-6,11,13,18H,7-10H2,1H3;2-7H,13H2,1H3. The molecular formula is C104H123N5O14S9. The molecule has 5 aromatic carbocycles. The molecular weight excluding hydrogens is 1830 g/mol. The summed E-state index contributed by atoms with van der Waals surface area (Å²) < 4.78 is 50.9. The van der Waals surface area contributed by atoms with Gasteiger partial charge in [-0.25, -0.2) is 22.8 Å². The molecule has 0 radical (unpaired) electrons. The third-order valence-electron chi connectivity index (χ3n) is 26.0. The molecule has 3 amide bonds. The molecule has 9 heterocycles. The van der Waals surface area contributed by atoms with Crippen LogP contribution in [0.4, 0.5) is 28.4 Å². The first-order chi connectivity index (χ1) is 63.8. The normalized spacial score (nSPS) is 20.9. The Morgan fingerprint density at radius 2 is 0.652 bits per heavy atom. The van der Waals surface area contributed by atoms with Gasteiger partial charge in [-0.3, -0.25) is 28.2 Å². The van der Waals surface area contributed by atoms with E-state index in [-0.39, 0.29) is 94.6 Å². The van der Waals surface area contributed by atoms with E-state index < -0.39 is 20.6 Å². The molecule has 3 aliphatic carbocycles. The summed E-state index contributed by atoms with van der Waals surface area (Å²) in [5.41, 5.74) is 14.6. The lowest BCUT2D eigenvalue weighted by atomic mass is 9.82. The topological polar surface area (TPSA) is 263 Å². The van der Waals surface area contributed by atoms with Crippen molar-refractivity contribution in [1.82, 2.24) is 0 Å². The van der Waals surface area contributed by atoms with Crippen LogP contribution in [0, 0.1) is 35.5 Å². The van der Waals surface area contributed by atoms with E-state index in [2.05, 4.69) is 49.0 Å². The van der Waals surface area contributed by atoms with Gasteiger partial charge in [-0.05, 0) is 227 Å². The number of thiophene rings is 5. The van der Waals surface area contributed by atoms with E-state index >= 15 is 0 Å². The molecule has 3 saturated carbocycles. The van der Waals surface area contributed by atoms with E-state index in [9.17, 15) is 51.0 Å². The van der Waals surface area contributed by atoms with E-state index in [1.807, 2.05) is 196 Å². The highest BCUT2D eigenvalue weighted by molar-refractivity contribution is 7.99. The highest BCUT2D eigenvalue weighted by Crippen LogP contribution is 2.47. The predicted molar refractivity (Wildman–Crippen MR) is 550 cm³/mol. The first-order valence-corrected chi connectivity index (χ1v) is 55.9. The summed E-state index contributed by atoms with van der Waals surface area (Å²) in [6.45, 7) is 9.89. The van der Waals surface area contributed by atoms with Gasteiger partial charge >= 0.3 is 17.9 Å². The van der Waals surface area contributed by atoms with E-state index in [0.717, 1.165) is 196 Å². The van der Waals surface area contributed by atoms with Crippen LogP contribution in [-0.4, -0.2) is 151 Å². The number of nitrogen functional groups attached to an aromatic ring is 1. The summed E-state index contributed by atoms with van der Waals surface area (Å²) in [5, 5.41) is 3.55. The molecule has 702 valence electrons. The number of methoxy groups -OCH3 is 3. The van der Waals surface area contributed by atoms with Crippen molar-refractivity contribution in [2.45, 2.75) is 187 Å². The number of carbonyl (C=O) groups excluding carboxylic acids is 8. The minimum absolute atomic E-state index is 0.00312. The lowest BCUT2D eigenvalue weighted by Gasteiger charge is -2.38. The highest BCUT2D eigenvalue weighted by Gasteiger charge is 2.42. The minimum Gasteiger partial charge on any atom is -0.465 e. The number of sulfone groups is 1. The summed E-state index contributed by atoms with van der Waals surface area (Å²) in [7, 11) is 0.350. The Hall–Kier alpha value is -8.84. The van der Waals surface area contributed by atoms with E-state index in [1.165, 1.54) is 89.5 Å². The number of Topliss-reactive ketones (excluding diaryl/α,β-unsaturated/α-hetero) is 2. The maximum atomic E-state index is 13.9. The van der Waals surface area contributed by atoms with Gasteiger partial charge in [0.15, 0.2) is 11.6 Å². The van der Waals surface area contributed by atoms with Crippen molar-refractivity contribution in [3.63, 3.8) is 0 Å². The first kappa shape index (κ1) is 101. The molecule has 4 aliphatic heterocycles. The number of carbonyl (C=O) groups is 8. The largest absolute Gasteiger partial charge is 0.465 e. The summed E-state index contributed by atoms with van der Waals surface area (Å²) in [6, 6.07) is 60.2. The first-order valence-electron chi connectivity index (χ1n) is 46.2. The Bertz CT molecular complexity index is 5640. The number of nitrogens with two attached hydrogens (primary N) is 1. The number of hydrogen-bond donors (Lipinski definition) is 2. The highest BCUT2D eigenvalue weighted by atomic mass is 32.2. The molecule has 0 unspecified atom stereocenters. The number of ketones is 2. The van der Waals surface area contributed by atoms with Crippen molar-refractivity contribution in [3.8, 4) is 52.2 Å². The van der Waals surface area contributed by atoms with Gasteiger partial charge in [0.2, 0.25) is 17.7 Å². The summed E-state index contributed by atoms with van der Waals surface area (Å²) in [6.07, 6.45) is 18.4. The van der Waals surface area contributed by atoms with Crippen LogP contribution in [0.2, 0.25) is 0 Å². The number of nitrogens with one attached hydrogen (secondary N) is 1. The number of thioether (sulfide) groups is 2. The van der Waals surface area contributed by atoms with Gasteiger partial charge in [0.1, 0.15) is 24.5 Å². The maximum absolute atomic E-state index is 13.9. The van der Waals surface area contributed by atoms with Gasteiger partial charge < -0.3 is 40.0 Å². The molecule has 0 atom stereocenters. The summed E-state index contributed by atoms with van der Waals surface area (Å²) in [5.74, 6) is 7.25. The van der Waals surface area contributed by atoms with Crippen LogP contribution in [-0.2, 0) is 49.2 Å². The van der Waals surface area contributed by atoms with Gasteiger partial charge in [0.25, 0.3) is 0 Å². The minimum atomic E-state index is -3.06. The smallest absolute Gasteiger partial charge is 0.350 e. The quantitative estimate of drug-likeness (QED) is 0.0385. The molecule has 28 heteroatoms. The van der Waals surface area contributed by atoms with Gasteiger partial charge in [-0.1, -0.05) is 172 Å². The van der Waals surface area contributed by atoms with E-state index in [4.69, 9.17) is 15.2 Å². The maximum Gasteiger partial charge on any atom is 0.350 e. The van der Waals surface area contributed by atoms with Crippen LogP contribution >= 0.6 is 80.2 Å². The molecule has 7 fully saturated rings. The summed E-state index contributed by atoms with van der Waals surface area (Å²) >= 11 is 11.1. The van der Waals surface area contributed by atoms with Crippen molar-refractivity contribution >= 4 is 176 Å². The number of benzene rings is 5. The third kappa shape index (κ3) is 26.5. The fourth-order valence-corrected chi connectivity index (χ4v) is 28.5. The zero-order valence-corrected chi connectivity index (χ0v) is 84.1. The number of nitrogens with zero attached hydrogens (tertiary/aromatic N) is 3. The molecule has 0 spiro atoms. The van der Waals surface area contributed by atoms with Crippen LogP contribution < -0.4 is 25.8 Å². The zero-order chi connectivity index (χ0) is 93.5. The number of amides is 3. The Morgan fingerprint density at radius 1 is 0.364 bits per heavy atom. The SMILES string of the molecule is CC(=O)c1sc(-c2ccccc2)cc1N(C(=O)C1CCC(C)CC1)C1CCS(=O)(=O)CC1.CC(=O)c1sc(-c2ccccc2)cc1N(C(=O)C1CCC(C)CC1)C1CCS(=O)CC1.COC(=O)c1sc(-c2ccccc2)cc1N.COC(=O)c1sc(-c2ccccc2)cc1N(C(=O)C1CCC(C)CC1)C1CCSCC1.COC(=O)c1sc(-c2ccccc2)cc1NC1CCSCC1. The van der Waals surface area contributed by atoms with Crippen LogP contribution in [0.3, 0.4) is 0 Å². The van der Waals surface area contributed by atoms with Gasteiger partial charge in [-0.2, -0.15) is 23.5 Å². The second-order valence-electron chi connectivity index (χ2n) is 35.5. The van der Waals surface area contributed by atoms with Crippen molar-refractivity contribution in [3.05, 3.63) is 206 Å². The van der Waals surface area contributed by atoms with Crippen LogP contribution in [0.1, 0.15) is 211 Å². The zero-order valence-electron chi connectivity index (χ0n) is 76.7. The Kier molecular flexibility index (Phi) is 37.0. The molecule has 4 saturated heterocycles. The molecule has 7 aliphatic rings. The van der Waals surface area contributed by atoms with Crippen molar-refractivity contribution in [2.24, 2.45) is 35.5 Å². The molecule has 17 rings (SSSR count). The number of ether oxygens (including phenoxy) is 3. The molecule has 3 N–H and O–H groups in total. The Balaban J connectivity index is 0.000000143. The summed E-state index contributed by atoms with van der Waals surface area (Å²) in [4.78, 5) is 117. The van der Waals surface area contributed by atoms with Crippen molar-refractivity contribution in [2.75, 3.05) is 93.1 Å². The van der Waals surface area contributed by atoms with E-state index in [0.29, 0.717) is 83.9 Å². The fraction of sp³-hybridized carbons (Fsp3) is 0.442. The Morgan fingerprint density at radius 3 is 1.01 bits per heavy atom. The second-order valence-corrected chi connectivity index (χ2v) is 47.2. The fourth-order valence-electron chi connectivity index (χ4n) is 18.3. The monoisotopic (exact) mass is 1950 g/mol. The lowest BCUT2D eigenvalue weighted by molar-refractivity contribution is -0.124. The number of hydrogen-bond acceptors (Lipinski definition) is 23. The average molecular weight is 1960 g/mol. The van der Waals surface area contributed by atoms with Crippen molar-refractivity contribution in [1.29, 1.82) is 0 Å².